The number of nitrogen functional groups attached to an aromatic ring is 1. The largest absolute Gasteiger partial charge is 0.397 e. The summed E-state index contributed by atoms with van der Waals surface area (Å²) in [6.07, 6.45) is 13.0. The molecule has 0 spiro atoms. The van der Waals surface area contributed by atoms with Crippen LogP contribution in [0.15, 0.2) is 68.1 Å². The fraction of sp³-hybridized carbons (Fsp3) is 0.241. The Bertz CT molecular complexity index is 1280. The van der Waals surface area contributed by atoms with E-state index in [1.54, 1.807) is 12.4 Å². The molecule has 1 fully saturated rings. The molecule has 0 radical (unpaired) electrons. The van der Waals surface area contributed by atoms with E-state index in [4.69, 9.17) is 5.73 Å². The molecule has 34 heavy (non-hydrogen) atoms. The zero-order valence-corrected chi connectivity index (χ0v) is 19.8. The Morgan fingerprint density at radius 1 is 1.06 bits per heavy atom. The van der Waals surface area contributed by atoms with Crippen molar-refractivity contribution in [2.45, 2.75) is 26.2 Å². The summed E-state index contributed by atoms with van der Waals surface area (Å²) in [4.78, 5) is 8.74. The van der Waals surface area contributed by atoms with E-state index in [0.29, 0.717) is 5.69 Å². The molecule has 0 aliphatic carbocycles. The summed E-state index contributed by atoms with van der Waals surface area (Å²) in [6, 6.07) is 12.6. The number of nitrogens with two attached hydrogens (primary N) is 1. The molecule has 5 nitrogen and oxygen atoms in total. The number of pyridine rings is 2. The number of allylic oxidation sites excluding steroid dienone is 1. The summed E-state index contributed by atoms with van der Waals surface area (Å²) >= 11 is 0. The molecule has 0 saturated carbocycles. The first-order valence-electron chi connectivity index (χ1n) is 11.8. The van der Waals surface area contributed by atoms with Gasteiger partial charge >= 0.3 is 0 Å². The molecule has 0 atom stereocenters. The molecule has 1 aliphatic heterocycles. The highest BCUT2D eigenvalue weighted by Crippen LogP contribution is 2.21. The number of benzene rings is 1. The average Bonchev–Trinajstić information content (AvgIpc) is 2.85. The Morgan fingerprint density at radius 3 is 2.53 bits per heavy atom. The first kappa shape index (κ1) is 23.5. The van der Waals surface area contributed by atoms with Gasteiger partial charge < -0.3 is 16.4 Å². The lowest BCUT2D eigenvalue weighted by Crippen LogP contribution is -2.28. The minimum atomic E-state index is 0.615. The number of nitrogens with zero attached hydrogens (tertiary/aromatic N) is 2. The van der Waals surface area contributed by atoms with E-state index in [-0.39, 0.29) is 0 Å². The highest BCUT2D eigenvalue weighted by molar-refractivity contribution is 5.87. The van der Waals surface area contributed by atoms with Crippen LogP contribution in [0.2, 0.25) is 0 Å². The maximum Gasteiger partial charge on any atom is 0.130 e. The third kappa shape index (κ3) is 6.00. The molecule has 1 saturated heterocycles. The Morgan fingerprint density at radius 2 is 1.82 bits per heavy atom. The van der Waals surface area contributed by atoms with Gasteiger partial charge in [0.2, 0.25) is 0 Å². The number of rotatable bonds is 7. The van der Waals surface area contributed by atoms with Crippen LogP contribution >= 0.6 is 0 Å². The van der Waals surface area contributed by atoms with Crippen molar-refractivity contribution >= 4 is 34.9 Å². The predicted octanol–water partition coefficient (Wildman–Crippen LogP) is 3.98. The van der Waals surface area contributed by atoms with E-state index >= 15 is 0 Å². The van der Waals surface area contributed by atoms with Gasteiger partial charge in [-0.2, -0.15) is 0 Å². The lowest BCUT2D eigenvalue weighted by Gasteiger charge is -2.22. The predicted molar refractivity (Wildman–Crippen MR) is 144 cm³/mol. The van der Waals surface area contributed by atoms with Gasteiger partial charge in [0.15, 0.2) is 0 Å². The molecule has 4 rings (SSSR count). The monoisotopic (exact) mass is 451 g/mol. The first-order chi connectivity index (χ1) is 16.5. The molecule has 174 valence electrons. The zero-order chi connectivity index (χ0) is 23.9. The number of piperidine rings is 1. The number of hydrogen-bond donors (Lipinski definition) is 3. The summed E-state index contributed by atoms with van der Waals surface area (Å²) in [6.45, 7) is 12.7. The first-order valence-corrected chi connectivity index (χ1v) is 11.8. The maximum absolute atomic E-state index is 5.88. The molecule has 3 aromatic rings. The van der Waals surface area contributed by atoms with E-state index in [1.807, 2.05) is 37.4 Å². The minimum absolute atomic E-state index is 0.615. The molecule has 0 unspecified atom stereocenters. The van der Waals surface area contributed by atoms with Crippen LogP contribution in [-0.4, -0.2) is 23.1 Å². The van der Waals surface area contributed by atoms with E-state index in [2.05, 4.69) is 58.0 Å². The highest BCUT2D eigenvalue weighted by Gasteiger charge is 2.13. The van der Waals surface area contributed by atoms with Gasteiger partial charge in [-0.1, -0.05) is 43.5 Å². The standard InChI is InChI=1S/C29H33N5/c1-4-24-18-33-29(16-26(24)13-20(2)27-15-28(30)19-32-17-27)34-21(3)25-7-5-22(6-8-25)14-23-9-11-31-12-10-23/h4-8,13,15-19,23,31,34H,2-3,9-12,14,30H2,1H3/b24-4-,26-13-. The van der Waals surface area contributed by atoms with Crippen LogP contribution in [0.25, 0.3) is 23.4 Å². The van der Waals surface area contributed by atoms with Crippen molar-refractivity contribution in [3.05, 3.63) is 95.3 Å². The molecular formula is C29H33N5. The van der Waals surface area contributed by atoms with Crippen molar-refractivity contribution in [1.29, 1.82) is 0 Å². The van der Waals surface area contributed by atoms with Gasteiger partial charge in [-0.15, -0.1) is 0 Å². The molecule has 3 heterocycles. The second-order valence-corrected chi connectivity index (χ2v) is 8.86. The molecule has 5 heteroatoms. The van der Waals surface area contributed by atoms with Gasteiger partial charge in [0.25, 0.3) is 0 Å². The number of anilines is 2. The van der Waals surface area contributed by atoms with Crippen molar-refractivity contribution in [2.24, 2.45) is 5.92 Å². The summed E-state index contributed by atoms with van der Waals surface area (Å²) in [5.41, 5.74) is 11.5. The van der Waals surface area contributed by atoms with Crippen LogP contribution in [0.4, 0.5) is 11.5 Å². The average molecular weight is 452 g/mol. The smallest absolute Gasteiger partial charge is 0.130 e. The summed E-state index contributed by atoms with van der Waals surface area (Å²) in [5.74, 6) is 1.51. The summed E-state index contributed by atoms with van der Waals surface area (Å²) < 4.78 is 0. The van der Waals surface area contributed by atoms with Gasteiger partial charge in [0.1, 0.15) is 5.82 Å². The Labute approximate surface area is 201 Å². The van der Waals surface area contributed by atoms with E-state index in [1.165, 1.54) is 18.4 Å². The minimum Gasteiger partial charge on any atom is -0.397 e. The van der Waals surface area contributed by atoms with Gasteiger partial charge in [-0.05, 0) is 90.5 Å². The molecule has 1 aromatic carbocycles. The Balaban J connectivity index is 1.49. The van der Waals surface area contributed by atoms with Crippen molar-refractivity contribution in [1.82, 2.24) is 15.3 Å². The van der Waals surface area contributed by atoms with Crippen molar-refractivity contribution in [3.63, 3.8) is 0 Å². The molecule has 0 amide bonds. The van der Waals surface area contributed by atoms with Crippen molar-refractivity contribution in [2.75, 3.05) is 24.1 Å². The second kappa shape index (κ2) is 10.9. The van der Waals surface area contributed by atoms with E-state index in [9.17, 15) is 0 Å². The Hall–Kier alpha value is -3.70. The third-order valence-electron chi connectivity index (χ3n) is 6.30. The SMILES string of the molecule is C=C(/C=c1/cc(NC(=C)c2ccc(CC3CCNCC3)cc2)nc/c1=C/C)c1cncc(N)c1. The van der Waals surface area contributed by atoms with Crippen LogP contribution in [-0.2, 0) is 6.42 Å². The van der Waals surface area contributed by atoms with Crippen LogP contribution in [0, 0.1) is 5.92 Å². The van der Waals surface area contributed by atoms with Gasteiger partial charge in [-0.3, -0.25) is 4.98 Å². The maximum atomic E-state index is 5.88. The zero-order valence-electron chi connectivity index (χ0n) is 19.8. The molecule has 4 N–H and O–H groups in total. The highest BCUT2D eigenvalue weighted by atomic mass is 15.0. The van der Waals surface area contributed by atoms with E-state index < -0.39 is 0 Å². The number of hydrogen-bond acceptors (Lipinski definition) is 5. The van der Waals surface area contributed by atoms with Crippen molar-refractivity contribution in [3.8, 4) is 0 Å². The Kier molecular flexibility index (Phi) is 7.55. The van der Waals surface area contributed by atoms with Crippen molar-refractivity contribution < 1.29 is 0 Å². The van der Waals surface area contributed by atoms with Gasteiger partial charge in [0, 0.05) is 29.9 Å². The van der Waals surface area contributed by atoms with Gasteiger partial charge in [0.05, 0.1) is 5.69 Å². The third-order valence-corrected chi connectivity index (χ3v) is 6.30. The van der Waals surface area contributed by atoms with Crippen LogP contribution in [0.5, 0.6) is 0 Å². The number of aromatic nitrogens is 2. The quantitative estimate of drug-likeness (QED) is 0.507. The van der Waals surface area contributed by atoms with Crippen LogP contribution in [0.1, 0.15) is 36.5 Å². The summed E-state index contributed by atoms with van der Waals surface area (Å²) in [7, 11) is 0. The number of nitrogens with one attached hydrogen (secondary N) is 2. The van der Waals surface area contributed by atoms with Crippen LogP contribution < -0.4 is 26.8 Å². The topological polar surface area (TPSA) is 75.9 Å². The lowest BCUT2D eigenvalue weighted by molar-refractivity contribution is 0.372. The molecular weight excluding hydrogens is 418 g/mol. The van der Waals surface area contributed by atoms with E-state index in [0.717, 1.165) is 64.1 Å². The van der Waals surface area contributed by atoms with Gasteiger partial charge in [-0.25, -0.2) is 4.98 Å². The fourth-order valence-electron chi connectivity index (χ4n) is 4.31. The molecule has 2 aromatic heterocycles. The second-order valence-electron chi connectivity index (χ2n) is 8.86. The van der Waals surface area contributed by atoms with Crippen LogP contribution in [0.3, 0.4) is 0 Å². The molecule has 1 aliphatic rings. The fourth-order valence-corrected chi connectivity index (χ4v) is 4.31. The molecule has 0 bridgehead atoms. The lowest BCUT2D eigenvalue weighted by atomic mass is 9.90. The normalized spacial score (nSPS) is 15.3. The summed E-state index contributed by atoms with van der Waals surface area (Å²) in [5, 5.41) is 8.84.